The molecule has 1 N–H and O–H groups in total. The van der Waals surface area contributed by atoms with E-state index >= 15 is 0 Å². The summed E-state index contributed by atoms with van der Waals surface area (Å²) < 4.78 is 7.30. The third-order valence-corrected chi connectivity index (χ3v) is 3.20. The predicted octanol–water partition coefficient (Wildman–Crippen LogP) is 0.567. The lowest BCUT2D eigenvalue weighted by molar-refractivity contribution is 0.181. The molecule has 1 atom stereocenters. The Labute approximate surface area is 95.2 Å². The highest BCUT2D eigenvalue weighted by Gasteiger charge is 2.21. The minimum Gasteiger partial charge on any atom is -0.381 e. The van der Waals surface area contributed by atoms with Crippen LogP contribution in [0.5, 0.6) is 0 Å². The Balaban J connectivity index is 1.50. The topological polar surface area (TPSA) is 52.0 Å². The SMILES string of the molecule is c1c(CNC2CC2)nnn1C[C@H]1CCOC1. The molecule has 1 aliphatic carbocycles. The molecular weight excluding hydrogens is 204 g/mol. The highest BCUT2D eigenvalue weighted by atomic mass is 16.5. The average Bonchev–Trinajstić information content (AvgIpc) is 2.78. The molecular formula is C11H18N4O. The summed E-state index contributed by atoms with van der Waals surface area (Å²) in [6, 6.07) is 0.730. The van der Waals surface area contributed by atoms with Crippen LogP contribution in [0, 0.1) is 5.92 Å². The molecule has 1 aromatic heterocycles. The van der Waals surface area contributed by atoms with Gasteiger partial charge in [0.2, 0.25) is 0 Å². The van der Waals surface area contributed by atoms with Crippen LogP contribution in [0.25, 0.3) is 0 Å². The molecule has 0 aromatic carbocycles. The molecule has 0 amide bonds. The van der Waals surface area contributed by atoms with Gasteiger partial charge in [-0.2, -0.15) is 0 Å². The Morgan fingerprint density at radius 1 is 1.44 bits per heavy atom. The second kappa shape index (κ2) is 4.51. The van der Waals surface area contributed by atoms with E-state index < -0.39 is 0 Å². The van der Waals surface area contributed by atoms with Gasteiger partial charge in [-0.1, -0.05) is 5.21 Å². The van der Waals surface area contributed by atoms with Crippen molar-refractivity contribution in [2.75, 3.05) is 13.2 Å². The normalized spacial score (nSPS) is 25.1. The van der Waals surface area contributed by atoms with Crippen molar-refractivity contribution in [3.8, 4) is 0 Å². The summed E-state index contributed by atoms with van der Waals surface area (Å²) in [6.07, 6.45) is 5.82. The van der Waals surface area contributed by atoms with Crippen molar-refractivity contribution < 1.29 is 4.74 Å². The number of rotatable bonds is 5. The molecule has 0 spiro atoms. The molecule has 1 saturated carbocycles. The summed E-state index contributed by atoms with van der Waals surface area (Å²) in [6.45, 7) is 3.56. The lowest BCUT2D eigenvalue weighted by Gasteiger charge is -2.05. The fourth-order valence-corrected chi connectivity index (χ4v) is 2.04. The smallest absolute Gasteiger partial charge is 0.0964 e. The first-order valence-corrected chi connectivity index (χ1v) is 6.10. The number of aromatic nitrogens is 3. The van der Waals surface area contributed by atoms with Crippen molar-refractivity contribution in [3.63, 3.8) is 0 Å². The molecule has 3 rings (SSSR count). The zero-order valence-corrected chi connectivity index (χ0v) is 9.43. The Kier molecular flexibility index (Phi) is 2.88. The van der Waals surface area contributed by atoms with Gasteiger partial charge in [0.1, 0.15) is 0 Å². The highest BCUT2D eigenvalue weighted by molar-refractivity contribution is 4.94. The van der Waals surface area contributed by atoms with Crippen molar-refractivity contribution in [1.29, 1.82) is 0 Å². The molecule has 5 nitrogen and oxygen atoms in total. The monoisotopic (exact) mass is 222 g/mol. The summed E-state index contributed by atoms with van der Waals surface area (Å²) >= 11 is 0. The summed E-state index contributed by atoms with van der Waals surface area (Å²) in [5.41, 5.74) is 1.05. The van der Waals surface area contributed by atoms with Crippen molar-refractivity contribution in [3.05, 3.63) is 11.9 Å². The van der Waals surface area contributed by atoms with E-state index in [1.165, 1.54) is 12.8 Å². The summed E-state index contributed by atoms with van der Waals surface area (Å²) in [4.78, 5) is 0. The van der Waals surface area contributed by atoms with E-state index in [0.29, 0.717) is 5.92 Å². The van der Waals surface area contributed by atoms with Crippen molar-refractivity contribution in [2.45, 2.75) is 38.4 Å². The van der Waals surface area contributed by atoms with Crippen LogP contribution in [0.2, 0.25) is 0 Å². The van der Waals surface area contributed by atoms with E-state index in [1.807, 2.05) is 10.9 Å². The Hall–Kier alpha value is -0.940. The quantitative estimate of drug-likeness (QED) is 0.791. The molecule has 1 saturated heterocycles. The van der Waals surface area contributed by atoms with Gasteiger partial charge < -0.3 is 10.1 Å². The minimum absolute atomic E-state index is 0.617. The summed E-state index contributed by atoms with van der Waals surface area (Å²) in [5, 5.41) is 11.8. The maximum Gasteiger partial charge on any atom is 0.0964 e. The van der Waals surface area contributed by atoms with Crippen molar-refractivity contribution in [1.82, 2.24) is 20.3 Å². The van der Waals surface area contributed by atoms with Crippen LogP contribution in [0.1, 0.15) is 25.0 Å². The molecule has 2 heterocycles. The predicted molar refractivity (Wildman–Crippen MR) is 58.8 cm³/mol. The standard InChI is InChI=1S/C11H18N4O/c1-2-10(1)12-5-11-7-15(14-13-11)6-9-3-4-16-8-9/h7,9-10,12H,1-6,8H2/t9-/m1/s1. The number of nitrogens with zero attached hydrogens (tertiary/aromatic N) is 3. The molecule has 1 aliphatic heterocycles. The Bertz CT molecular complexity index is 342. The van der Waals surface area contributed by atoms with Crippen LogP contribution < -0.4 is 5.32 Å². The first-order valence-electron chi connectivity index (χ1n) is 6.10. The first-order chi connectivity index (χ1) is 7.90. The molecule has 0 unspecified atom stereocenters. The maximum absolute atomic E-state index is 5.35. The zero-order valence-electron chi connectivity index (χ0n) is 9.43. The summed E-state index contributed by atoms with van der Waals surface area (Å²) in [5.74, 6) is 0.617. The van der Waals surface area contributed by atoms with E-state index in [1.54, 1.807) is 0 Å². The fourth-order valence-electron chi connectivity index (χ4n) is 2.04. The molecule has 0 bridgehead atoms. The molecule has 88 valence electrons. The maximum atomic E-state index is 5.35. The molecule has 0 radical (unpaired) electrons. The van der Waals surface area contributed by atoms with E-state index in [4.69, 9.17) is 4.74 Å². The first kappa shape index (κ1) is 10.2. The van der Waals surface area contributed by atoms with Crippen LogP contribution >= 0.6 is 0 Å². The van der Waals surface area contributed by atoms with Crippen LogP contribution in [0.4, 0.5) is 0 Å². The molecule has 1 aromatic rings. The van der Waals surface area contributed by atoms with Crippen LogP contribution in [0.3, 0.4) is 0 Å². The number of ether oxygens (including phenoxy) is 1. The Morgan fingerprint density at radius 2 is 2.38 bits per heavy atom. The lowest BCUT2D eigenvalue weighted by Crippen LogP contribution is -2.15. The van der Waals surface area contributed by atoms with Gasteiger partial charge in [-0.3, -0.25) is 4.68 Å². The second-order valence-electron chi connectivity index (χ2n) is 4.82. The van der Waals surface area contributed by atoms with E-state index in [2.05, 4.69) is 15.6 Å². The third-order valence-electron chi connectivity index (χ3n) is 3.20. The van der Waals surface area contributed by atoms with Gasteiger partial charge in [0.15, 0.2) is 0 Å². The highest BCUT2D eigenvalue weighted by Crippen LogP contribution is 2.19. The molecule has 2 fully saturated rings. The van der Waals surface area contributed by atoms with Gasteiger partial charge in [0, 0.05) is 37.9 Å². The van der Waals surface area contributed by atoms with Gasteiger partial charge in [-0.15, -0.1) is 5.10 Å². The van der Waals surface area contributed by atoms with Crippen molar-refractivity contribution in [2.24, 2.45) is 5.92 Å². The third kappa shape index (κ3) is 2.59. The van der Waals surface area contributed by atoms with E-state index in [9.17, 15) is 0 Å². The van der Waals surface area contributed by atoms with Crippen LogP contribution in [-0.4, -0.2) is 34.2 Å². The van der Waals surface area contributed by atoms with Gasteiger partial charge in [-0.05, 0) is 19.3 Å². The van der Waals surface area contributed by atoms with E-state index in [0.717, 1.165) is 44.5 Å². The molecule has 5 heteroatoms. The fraction of sp³-hybridized carbons (Fsp3) is 0.818. The Morgan fingerprint density at radius 3 is 3.12 bits per heavy atom. The average molecular weight is 222 g/mol. The summed E-state index contributed by atoms with van der Waals surface area (Å²) in [7, 11) is 0. The largest absolute Gasteiger partial charge is 0.381 e. The van der Waals surface area contributed by atoms with Gasteiger partial charge in [0.05, 0.1) is 12.3 Å². The van der Waals surface area contributed by atoms with Crippen LogP contribution in [-0.2, 0) is 17.8 Å². The van der Waals surface area contributed by atoms with E-state index in [-0.39, 0.29) is 0 Å². The number of hydrogen-bond donors (Lipinski definition) is 1. The second-order valence-corrected chi connectivity index (χ2v) is 4.82. The molecule has 16 heavy (non-hydrogen) atoms. The number of nitrogens with one attached hydrogen (secondary N) is 1. The lowest BCUT2D eigenvalue weighted by atomic mass is 10.1. The van der Waals surface area contributed by atoms with Gasteiger partial charge in [0.25, 0.3) is 0 Å². The number of hydrogen-bond acceptors (Lipinski definition) is 4. The van der Waals surface area contributed by atoms with Gasteiger partial charge >= 0.3 is 0 Å². The minimum atomic E-state index is 0.617. The zero-order chi connectivity index (χ0) is 10.8. The van der Waals surface area contributed by atoms with Crippen molar-refractivity contribution >= 4 is 0 Å². The molecule has 2 aliphatic rings. The van der Waals surface area contributed by atoms with Crippen LogP contribution in [0.15, 0.2) is 6.20 Å². The van der Waals surface area contributed by atoms with Gasteiger partial charge in [-0.25, -0.2) is 0 Å².